The molecule has 1 unspecified atom stereocenters. The minimum absolute atomic E-state index is 0.0977. The number of hydrogen-bond donors (Lipinski definition) is 2. The quantitative estimate of drug-likeness (QED) is 0.600. The Morgan fingerprint density at radius 1 is 1.33 bits per heavy atom. The number of hydrogen-bond acceptors (Lipinski definition) is 4. The Balaban J connectivity index is 2.34. The molecule has 0 aliphatic heterocycles. The summed E-state index contributed by atoms with van der Waals surface area (Å²) < 4.78 is 33.7. The van der Waals surface area contributed by atoms with Crippen molar-refractivity contribution < 1.29 is 13.5 Å². The van der Waals surface area contributed by atoms with Crippen LogP contribution in [0.3, 0.4) is 0 Å². The SMILES string of the molecule is CNCCN(C)Cc1n[nH]cc1-c1cc(OCC(C)C)cc(C(F)(F)P)c1. The zero-order valence-electron chi connectivity index (χ0n) is 16.4. The maximum Gasteiger partial charge on any atom is 0.284 e. The van der Waals surface area contributed by atoms with E-state index in [1.165, 1.54) is 12.1 Å². The Hall–Kier alpha value is -1.56. The van der Waals surface area contributed by atoms with E-state index in [-0.39, 0.29) is 5.56 Å². The molecule has 2 rings (SSSR count). The van der Waals surface area contributed by atoms with E-state index in [0.29, 0.717) is 30.4 Å². The number of likely N-dealkylation sites (N-methyl/N-ethyl adjacent to an activating group) is 2. The molecule has 0 spiro atoms. The topological polar surface area (TPSA) is 53.2 Å². The van der Waals surface area contributed by atoms with E-state index in [9.17, 15) is 8.78 Å². The molecular weight excluding hydrogens is 369 g/mol. The first-order valence-electron chi connectivity index (χ1n) is 9.02. The molecule has 1 heterocycles. The first-order chi connectivity index (χ1) is 12.7. The maximum absolute atomic E-state index is 14.0. The fraction of sp³-hybridized carbons (Fsp3) is 0.526. The van der Waals surface area contributed by atoms with E-state index in [4.69, 9.17) is 4.74 Å². The predicted octanol–water partition coefficient (Wildman–Crippen LogP) is 3.69. The number of halogens is 2. The molecule has 1 aromatic heterocycles. The first-order valence-corrected chi connectivity index (χ1v) is 9.59. The monoisotopic (exact) mass is 398 g/mol. The third-order valence-electron chi connectivity index (χ3n) is 4.07. The minimum Gasteiger partial charge on any atom is -0.493 e. The summed E-state index contributed by atoms with van der Waals surface area (Å²) in [4.78, 5) is 2.13. The van der Waals surface area contributed by atoms with Gasteiger partial charge in [-0.25, -0.2) is 0 Å². The number of nitrogens with zero attached hydrogens (tertiary/aromatic N) is 2. The lowest BCUT2D eigenvalue weighted by Gasteiger charge is -2.18. The number of rotatable bonds is 10. The Kier molecular flexibility index (Phi) is 7.71. The summed E-state index contributed by atoms with van der Waals surface area (Å²) in [6, 6.07) is 4.69. The van der Waals surface area contributed by atoms with Crippen molar-refractivity contribution in [3.8, 4) is 16.9 Å². The average Bonchev–Trinajstić information content (AvgIpc) is 3.05. The van der Waals surface area contributed by atoms with Crippen LogP contribution in [0.1, 0.15) is 25.1 Å². The second-order valence-electron chi connectivity index (χ2n) is 7.16. The van der Waals surface area contributed by atoms with Gasteiger partial charge in [0.2, 0.25) is 0 Å². The number of benzene rings is 1. The molecule has 0 radical (unpaired) electrons. The van der Waals surface area contributed by atoms with Crippen LogP contribution in [-0.4, -0.2) is 48.9 Å². The van der Waals surface area contributed by atoms with Crippen molar-refractivity contribution in [1.29, 1.82) is 0 Å². The average molecular weight is 398 g/mol. The van der Waals surface area contributed by atoms with Crippen LogP contribution in [-0.2, 0) is 12.2 Å². The Bertz CT molecular complexity index is 731. The van der Waals surface area contributed by atoms with E-state index in [1.807, 2.05) is 27.9 Å². The van der Waals surface area contributed by atoms with E-state index < -0.39 is 5.66 Å². The number of nitrogens with one attached hydrogen (secondary N) is 2. The van der Waals surface area contributed by atoms with Gasteiger partial charge in [-0.1, -0.05) is 23.1 Å². The molecule has 2 N–H and O–H groups in total. The summed E-state index contributed by atoms with van der Waals surface area (Å²) in [5, 5.41) is 10.3. The number of aromatic nitrogens is 2. The number of ether oxygens (including phenoxy) is 1. The van der Waals surface area contributed by atoms with Crippen LogP contribution in [0.5, 0.6) is 5.75 Å². The third kappa shape index (κ3) is 6.52. The number of aromatic amines is 1. The molecule has 1 aromatic carbocycles. The van der Waals surface area contributed by atoms with Crippen molar-refractivity contribution in [2.45, 2.75) is 26.1 Å². The largest absolute Gasteiger partial charge is 0.493 e. The highest BCUT2D eigenvalue weighted by Crippen LogP contribution is 2.39. The van der Waals surface area contributed by atoms with Crippen LogP contribution in [0.2, 0.25) is 0 Å². The van der Waals surface area contributed by atoms with Crippen molar-refractivity contribution in [2.24, 2.45) is 5.92 Å². The van der Waals surface area contributed by atoms with Crippen LogP contribution < -0.4 is 10.1 Å². The van der Waals surface area contributed by atoms with Crippen LogP contribution in [0.15, 0.2) is 24.4 Å². The maximum atomic E-state index is 14.0. The molecular formula is C19H29F2N4OP. The Morgan fingerprint density at radius 3 is 2.70 bits per heavy atom. The fourth-order valence-electron chi connectivity index (χ4n) is 2.62. The van der Waals surface area contributed by atoms with Crippen molar-refractivity contribution >= 4 is 9.24 Å². The molecule has 0 fully saturated rings. The fourth-order valence-corrected chi connectivity index (χ4v) is 2.79. The van der Waals surface area contributed by atoms with E-state index in [1.54, 1.807) is 21.5 Å². The van der Waals surface area contributed by atoms with E-state index >= 15 is 0 Å². The molecule has 8 heteroatoms. The Morgan fingerprint density at radius 2 is 2.07 bits per heavy atom. The van der Waals surface area contributed by atoms with Gasteiger partial charge in [0.25, 0.3) is 5.66 Å². The second kappa shape index (κ2) is 9.58. The zero-order chi connectivity index (χ0) is 20.0. The third-order valence-corrected chi connectivity index (χ3v) is 4.40. The van der Waals surface area contributed by atoms with Crippen LogP contribution >= 0.6 is 9.24 Å². The minimum atomic E-state index is -3.03. The van der Waals surface area contributed by atoms with Gasteiger partial charge in [-0.2, -0.15) is 13.9 Å². The van der Waals surface area contributed by atoms with Gasteiger partial charge < -0.3 is 10.1 Å². The summed E-state index contributed by atoms with van der Waals surface area (Å²) in [7, 11) is 5.50. The van der Waals surface area contributed by atoms with Gasteiger partial charge in [0.15, 0.2) is 0 Å². The lowest BCUT2D eigenvalue weighted by Crippen LogP contribution is -2.27. The summed E-state index contributed by atoms with van der Waals surface area (Å²) in [6.07, 6.45) is 1.74. The summed E-state index contributed by atoms with van der Waals surface area (Å²) in [5.74, 6) is 0.743. The number of alkyl halides is 2. The summed E-state index contributed by atoms with van der Waals surface area (Å²) in [6.45, 7) is 6.84. The smallest absolute Gasteiger partial charge is 0.284 e. The number of H-pyrrole nitrogens is 1. The van der Waals surface area contributed by atoms with Crippen LogP contribution in [0.4, 0.5) is 8.78 Å². The van der Waals surface area contributed by atoms with E-state index in [0.717, 1.165) is 24.3 Å². The molecule has 0 aliphatic rings. The molecule has 2 aromatic rings. The highest BCUT2D eigenvalue weighted by atomic mass is 31.0. The van der Waals surface area contributed by atoms with Crippen molar-refractivity contribution in [1.82, 2.24) is 20.4 Å². The zero-order valence-corrected chi connectivity index (χ0v) is 17.5. The molecule has 5 nitrogen and oxygen atoms in total. The summed E-state index contributed by atoms with van der Waals surface area (Å²) in [5.41, 5.74) is -0.845. The lowest BCUT2D eigenvalue weighted by atomic mass is 10.0. The van der Waals surface area contributed by atoms with Gasteiger partial charge in [-0.15, -0.1) is 0 Å². The summed E-state index contributed by atoms with van der Waals surface area (Å²) >= 11 is 0. The predicted molar refractivity (Wildman–Crippen MR) is 108 cm³/mol. The van der Waals surface area contributed by atoms with Gasteiger partial charge in [-0.3, -0.25) is 10.00 Å². The van der Waals surface area contributed by atoms with Crippen LogP contribution in [0.25, 0.3) is 11.1 Å². The van der Waals surface area contributed by atoms with Gasteiger partial charge >= 0.3 is 0 Å². The molecule has 0 amide bonds. The second-order valence-corrected chi connectivity index (χ2v) is 7.89. The van der Waals surface area contributed by atoms with Gasteiger partial charge in [0, 0.05) is 37.0 Å². The van der Waals surface area contributed by atoms with Gasteiger partial charge in [0.1, 0.15) is 5.75 Å². The normalized spacial score (nSPS) is 12.2. The molecule has 150 valence electrons. The van der Waals surface area contributed by atoms with Crippen molar-refractivity contribution in [2.75, 3.05) is 33.8 Å². The Labute approximate surface area is 162 Å². The van der Waals surface area contributed by atoms with Crippen molar-refractivity contribution in [3.05, 3.63) is 35.7 Å². The molecule has 0 bridgehead atoms. The molecule has 0 aliphatic carbocycles. The first kappa shape index (κ1) is 21.7. The molecule has 27 heavy (non-hydrogen) atoms. The molecule has 1 atom stereocenters. The molecule has 0 saturated heterocycles. The highest BCUT2D eigenvalue weighted by Gasteiger charge is 2.26. The highest BCUT2D eigenvalue weighted by molar-refractivity contribution is 7.17. The van der Waals surface area contributed by atoms with Crippen molar-refractivity contribution in [3.63, 3.8) is 0 Å². The lowest BCUT2D eigenvalue weighted by molar-refractivity contribution is 0.103. The van der Waals surface area contributed by atoms with Gasteiger partial charge in [0.05, 0.1) is 12.3 Å². The van der Waals surface area contributed by atoms with E-state index in [2.05, 4.69) is 20.4 Å². The van der Waals surface area contributed by atoms with Crippen LogP contribution in [0, 0.1) is 5.92 Å². The standard InChI is InChI=1S/C19H29F2N4OP/c1-13(2)12-26-16-8-14(7-15(9-16)19(20,21)27)17-10-23-24-18(17)11-25(4)6-5-22-3/h7-10,13,22H,5-6,11-12,27H2,1-4H3,(H,23,24). The molecule has 0 saturated carbocycles. The van der Waals surface area contributed by atoms with Gasteiger partial charge in [-0.05, 0) is 43.8 Å².